The van der Waals surface area contributed by atoms with Gasteiger partial charge in [0.05, 0.1) is 6.04 Å². The normalized spacial score (nSPS) is 25.8. The Hall–Kier alpha value is -0.780. The minimum absolute atomic E-state index is 0.0496. The highest BCUT2D eigenvalue weighted by Crippen LogP contribution is 2.37. The van der Waals surface area contributed by atoms with E-state index in [2.05, 4.69) is 4.72 Å². The van der Waals surface area contributed by atoms with E-state index >= 15 is 0 Å². The molecule has 5 heteroatoms. The zero-order valence-corrected chi connectivity index (χ0v) is 13.7. The third-order valence-corrected chi connectivity index (χ3v) is 5.09. The van der Waals surface area contributed by atoms with Crippen LogP contribution >= 0.6 is 0 Å². The molecule has 0 bridgehead atoms. The van der Waals surface area contributed by atoms with Gasteiger partial charge in [0.25, 0.3) is 0 Å². The van der Waals surface area contributed by atoms with Gasteiger partial charge in [-0.15, -0.1) is 4.72 Å². The zero-order chi connectivity index (χ0) is 15.6. The molecule has 1 unspecified atom stereocenters. The summed E-state index contributed by atoms with van der Waals surface area (Å²) in [6.07, 6.45) is 7.59. The first-order valence-electron chi connectivity index (χ1n) is 6.87. The van der Waals surface area contributed by atoms with Crippen molar-refractivity contribution < 1.29 is 14.5 Å². The molecule has 0 amide bonds. The fourth-order valence-corrected chi connectivity index (χ4v) is 3.35. The largest absolute Gasteiger partial charge is 0.598 e. The average Bonchev–Trinajstić information content (AvgIpc) is 2.34. The summed E-state index contributed by atoms with van der Waals surface area (Å²) in [4.78, 5) is 11.8. The first kappa shape index (κ1) is 17.3. The predicted molar refractivity (Wildman–Crippen MR) is 82.6 cm³/mol. The maximum absolute atomic E-state index is 12.4. The molecule has 0 spiro atoms. The molecule has 2 N–H and O–H groups in total. The molecular formula is C15H25NO3S. The Morgan fingerprint density at radius 3 is 2.35 bits per heavy atom. The molecule has 0 aromatic heterocycles. The summed E-state index contributed by atoms with van der Waals surface area (Å²) < 4.78 is 15.0. The number of aliphatic carboxylic acids is 1. The minimum Gasteiger partial charge on any atom is -0.598 e. The minimum atomic E-state index is -1.30. The van der Waals surface area contributed by atoms with Gasteiger partial charge in [0.15, 0.2) is 0 Å². The Balaban J connectivity index is 3.08. The van der Waals surface area contributed by atoms with Gasteiger partial charge in [-0.25, -0.2) is 0 Å². The lowest BCUT2D eigenvalue weighted by Gasteiger charge is -2.39. The van der Waals surface area contributed by atoms with E-state index in [0.717, 1.165) is 0 Å². The van der Waals surface area contributed by atoms with Gasteiger partial charge in [-0.2, -0.15) is 0 Å². The van der Waals surface area contributed by atoms with Crippen molar-refractivity contribution >= 4 is 17.3 Å². The number of carboxylic acid groups (broad SMARTS) is 1. The van der Waals surface area contributed by atoms with E-state index in [-0.39, 0.29) is 12.0 Å². The van der Waals surface area contributed by atoms with E-state index in [1.165, 1.54) is 0 Å². The number of carbonyl (C=O) groups is 1. The second-order valence-electron chi connectivity index (χ2n) is 6.56. The fourth-order valence-electron chi connectivity index (χ4n) is 2.29. The number of hydrogen-bond donors (Lipinski definition) is 2. The Kier molecular flexibility index (Phi) is 5.46. The lowest BCUT2D eigenvalue weighted by molar-refractivity contribution is -0.148. The van der Waals surface area contributed by atoms with Crippen molar-refractivity contribution in [3.05, 3.63) is 24.3 Å². The highest BCUT2D eigenvalue weighted by Gasteiger charge is 2.48. The van der Waals surface area contributed by atoms with Gasteiger partial charge in [0, 0.05) is 11.4 Å². The summed E-state index contributed by atoms with van der Waals surface area (Å²) in [5, 5.41) is 9.70. The Morgan fingerprint density at radius 2 is 2.00 bits per heavy atom. The number of nitrogens with one attached hydrogen (secondary N) is 1. The molecule has 0 heterocycles. The number of allylic oxidation sites excluding steroid dienone is 3. The summed E-state index contributed by atoms with van der Waals surface area (Å²) in [6, 6.07) is -0.388. The van der Waals surface area contributed by atoms with Gasteiger partial charge in [0.2, 0.25) is 0 Å². The van der Waals surface area contributed by atoms with Gasteiger partial charge < -0.3 is 9.66 Å². The van der Waals surface area contributed by atoms with Crippen LogP contribution < -0.4 is 4.72 Å². The summed E-state index contributed by atoms with van der Waals surface area (Å²) in [6.45, 7) is 9.52. The maximum Gasteiger partial charge on any atom is 0.315 e. The van der Waals surface area contributed by atoms with E-state index < -0.39 is 27.5 Å². The molecule has 0 aromatic rings. The van der Waals surface area contributed by atoms with Crippen LogP contribution in [0.25, 0.3) is 0 Å². The van der Waals surface area contributed by atoms with Crippen LogP contribution in [0.4, 0.5) is 0 Å². The quantitative estimate of drug-likeness (QED) is 0.766. The van der Waals surface area contributed by atoms with Gasteiger partial charge in [-0.1, -0.05) is 38.2 Å². The van der Waals surface area contributed by atoms with Gasteiger partial charge in [-0.3, -0.25) is 4.79 Å². The van der Waals surface area contributed by atoms with Crippen LogP contribution in [-0.4, -0.2) is 26.4 Å². The summed E-state index contributed by atoms with van der Waals surface area (Å²) in [7, 11) is 0. The van der Waals surface area contributed by atoms with Crippen molar-refractivity contribution in [2.45, 2.75) is 51.8 Å². The van der Waals surface area contributed by atoms with E-state index in [4.69, 9.17) is 0 Å². The van der Waals surface area contributed by atoms with E-state index in [9.17, 15) is 14.5 Å². The van der Waals surface area contributed by atoms with Crippen molar-refractivity contribution in [2.75, 3.05) is 0 Å². The molecule has 1 aliphatic rings. The monoisotopic (exact) mass is 299 g/mol. The molecule has 20 heavy (non-hydrogen) atoms. The molecule has 0 saturated heterocycles. The first-order chi connectivity index (χ1) is 9.11. The summed E-state index contributed by atoms with van der Waals surface area (Å²) in [5.41, 5.74) is -1.04. The standard InChI is InChI=1S/C15H25NO3S/c1-11(2)12(16-20(19)14(3,4)5)15(13(17)18)9-7-6-8-10-15/h6-9,11-12,16H,10H2,1-5H3,(H,17,18)/t12?,15-,20+/m1/s1. The molecule has 1 aliphatic carbocycles. The predicted octanol–water partition coefficient (Wildman–Crippen LogP) is 2.65. The molecule has 1 rings (SSSR count). The van der Waals surface area contributed by atoms with Gasteiger partial charge in [0.1, 0.15) is 10.2 Å². The third kappa shape index (κ3) is 3.65. The average molecular weight is 299 g/mol. The lowest BCUT2D eigenvalue weighted by atomic mass is 9.71. The highest BCUT2D eigenvalue weighted by atomic mass is 32.2. The van der Waals surface area contributed by atoms with E-state index in [1.807, 2.05) is 46.8 Å². The SMILES string of the molecule is CC(C)C(N[S@@+]([O-])C(C)(C)C)[C@@]1(C(=O)O)C=CC=CC1. The first-order valence-corrected chi connectivity index (χ1v) is 8.02. The summed E-state index contributed by atoms with van der Waals surface area (Å²) in [5.74, 6) is -0.830. The molecule has 4 nitrogen and oxygen atoms in total. The Bertz CT molecular complexity index is 412. The van der Waals surface area contributed by atoms with Crippen LogP contribution in [0.3, 0.4) is 0 Å². The number of rotatable bonds is 5. The Morgan fingerprint density at radius 1 is 1.40 bits per heavy atom. The smallest absolute Gasteiger partial charge is 0.315 e. The van der Waals surface area contributed by atoms with Crippen molar-refractivity contribution in [2.24, 2.45) is 11.3 Å². The van der Waals surface area contributed by atoms with Crippen LogP contribution in [0.1, 0.15) is 41.0 Å². The van der Waals surface area contributed by atoms with Crippen LogP contribution in [0, 0.1) is 11.3 Å². The van der Waals surface area contributed by atoms with Crippen LogP contribution in [-0.2, 0) is 16.2 Å². The topological polar surface area (TPSA) is 72.4 Å². The molecule has 0 fully saturated rings. The second kappa shape index (κ2) is 6.33. The van der Waals surface area contributed by atoms with E-state index in [0.29, 0.717) is 6.42 Å². The van der Waals surface area contributed by atoms with Gasteiger partial charge in [-0.05, 0) is 33.1 Å². The van der Waals surface area contributed by atoms with Crippen molar-refractivity contribution in [3.8, 4) is 0 Å². The fraction of sp³-hybridized carbons (Fsp3) is 0.667. The molecule has 0 aliphatic heterocycles. The maximum atomic E-state index is 12.4. The zero-order valence-electron chi connectivity index (χ0n) is 12.8. The Labute approximate surface area is 124 Å². The summed E-state index contributed by atoms with van der Waals surface area (Å²) >= 11 is -1.30. The third-order valence-electron chi connectivity index (χ3n) is 3.51. The van der Waals surface area contributed by atoms with Crippen LogP contribution in [0.2, 0.25) is 0 Å². The molecule has 0 saturated carbocycles. The van der Waals surface area contributed by atoms with E-state index in [1.54, 1.807) is 12.2 Å². The van der Waals surface area contributed by atoms with Crippen LogP contribution in [0.15, 0.2) is 24.3 Å². The van der Waals surface area contributed by atoms with Gasteiger partial charge >= 0.3 is 5.97 Å². The molecular weight excluding hydrogens is 274 g/mol. The molecule has 0 radical (unpaired) electrons. The van der Waals surface area contributed by atoms with Crippen LogP contribution in [0.5, 0.6) is 0 Å². The molecule has 3 atom stereocenters. The van der Waals surface area contributed by atoms with Crippen molar-refractivity contribution in [1.82, 2.24) is 4.72 Å². The van der Waals surface area contributed by atoms with Crippen molar-refractivity contribution in [3.63, 3.8) is 0 Å². The highest BCUT2D eigenvalue weighted by molar-refractivity contribution is 7.90. The molecule has 0 aromatic carbocycles. The number of carboxylic acids is 1. The molecule has 114 valence electrons. The number of hydrogen-bond acceptors (Lipinski definition) is 3. The second-order valence-corrected chi connectivity index (χ2v) is 8.56. The lowest BCUT2D eigenvalue weighted by Crippen LogP contribution is -2.56. The van der Waals surface area contributed by atoms with Crippen molar-refractivity contribution in [1.29, 1.82) is 0 Å².